The maximum Gasteiger partial charge on any atom is 0.266 e. The Labute approximate surface area is 218 Å². The van der Waals surface area contributed by atoms with Crippen LogP contribution in [0.25, 0.3) is 23.0 Å². The predicted octanol–water partition coefficient (Wildman–Crippen LogP) is 5.98. The largest absolute Gasteiger partial charge is 0.454 e. The van der Waals surface area contributed by atoms with Gasteiger partial charge in [-0.25, -0.2) is 4.68 Å². The molecule has 8 heteroatoms. The number of fused-ring (bicyclic) bond motifs is 1. The number of thioether (sulfide) groups is 1. The van der Waals surface area contributed by atoms with E-state index in [0.717, 1.165) is 28.1 Å². The van der Waals surface area contributed by atoms with Crippen molar-refractivity contribution >= 4 is 40.3 Å². The molecule has 3 heterocycles. The number of hydrogen-bond acceptors (Lipinski definition) is 6. The van der Waals surface area contributed by atoms with Gasteiger partial charge in [0.1, 0.15) is 4.32 Å². The van der Waals surface area contributed by atoms with E-state index in [1.54, 1.807) is 4.90 Å². The SMILES string of the molecule is Cc1ccc(-c2nn(-c3ccccc3)cc2C=C2SC(=S)N(Cc3ccc4c(c3)OCO4)C2=O)cc1. The maximum absolute atomic E-state index is 13.4. The first-order valence-corrected chi connectivity index (χ1v) is 12.6. The molecule has 0 spiro atoms. The fraction of sp³-hybridized carbons (Fsp3) is 0.107. The molecule has 2 aliphatic heterocycles. The molecule has 0 bridgehead atoms. The lowest BCUT2D eigenvalue weighted by atomic mass is 10.1. The highest BCUT2D eigenvalue weighted by molar-refractivity contribution is 8.26. The van der Waals surface area contributed by atoms with Crippen molar-refractivity contribution in [3.63, 3.8) is 0 Å². The molecular formula is C28H21N3O3S2. The second-order valence-electron chi connectivity index (χ2n) is 8.53. The van der Waals surface area contributed by atoms with Crippen LogP contribution in [0.2, 0.25) is 0 Å². The number of aryl methyl sites for hydroxylation is 1. The van der Waals surface area contributed by atoms with Crippen LogP contribution < -0.4 is 9.47 Å². The third-order valence-electron chi connectivity index (χ3n) is 6.03. The van der Waals surface area contributed by atoms with Gasteiger partial charge in [-0.1, -0.05) is 78.1 Å². The van der Waals surface area contributed by atoms with Gasteiger partial charge < -0.3 is 9.47 Å². The Morgan fingerprint density at radius 3 is 2.61 bits per heavy atom. The van der Waals surface area contributed by atoms with Crippen LogP contribution in [0.5, 0.6) is 11.5 Å². The van der Waals surface area contributed by atoms with E-state index in [1.165, 1.54) is 17.3 Å². The van der Waals surface area contributed by atoms with Crippen LogP contribution in [0.1, 0.15) is 16.7 Å². The van der Waals surface area contributed by atoms with Crippen molar-refractivity contribution in [2.75, 3.05) is 6.79 Å². The van der Waals surface area contributed by atoms with Gasteiger partial charge in [0.15, 0.2) is 11.5 Å². The molecule has 3 aromatic carbocycles. The third-order valence-corrected chi connectivity index (χ3v) is 7.40. The zero-order valence-electron chi connectivity index (χ0n) is 19.4. The standard InChI is InChI=1S/C28H21N3O3S2/c1-18-7-10-20(11-8-18)26-21(16-31(29-26)22-5-3-2-4-6-22)14-25-27(32)30(28(35)36-25)15-19-9-12-23-24(13-19)34-17-33-23/h2-14,16H,15,17H2,1H3. The summed E-state index contributed by atoms with van der Waals surface area (Å²) >= 11 is 6.89. The Bertz CT molecular complexity index is 1510. The second kappa shape index (κ2) is 9.29. The lowest BCUT2D eigenvalue weighted by molar-refractivity contribution is -0.122. The zero-order valence-corrected chi connectivity index (χ0v) is 21.0. The first-order valence-electron chi connectivity index (χ1n) is 11.4. The molecule has 0 unspecified atom stereocenters. The van der Waals surface area contributed by atoms with Gasteiger partial charge in [0.25, 0.3) is 5.91 Å². The van der Waals surface area contributed by atoms with Crippen molar-refractivity contribution in [2.45, 2.75) is 13.5 Å². The van der Waals surface area contributed by atoms with Crippen LogP contribution >= 0.6 is 24.0 Å². The average molecular weight is 512 g/mol. The Kier molecular flexibility index (Phi) is 5.83. The number of carbonyl (C=O) groups excluding carboxylic acids is 1. The summed E-state index contributed by atoms with van der Waals surface area (Å²) in [5.74, 6) is 1.28. The van der Waals surface area contributed by atoms with Crippen molar-refractivity contribution in [1.29, 1.82) is 0 Å². The minimum Gasteiger partial charge on any atom is -0.454 e. The van der Waals surface area contributed by atoms with Gasteiger partial charge in [-0.15, -0.1) is 0 Å². The van der Waals surface area contributed by atoms with E-state index in [2.05, 4.69) is 31.2 Å². The summed E-state index contributed by atoms with van der Waals surface area (Å²) in [6, 6.07) is 23.8. The first kappa shape index (κ1) is 22.6. The topological polar surface area (TPSA) is 56.6 Å². The summed E-state index contributed by atoms with van der Waals surface area (Å²) in [6.45, 7) is 2.63. The first-order chi connectivity index (χ1) is 17.5. The molecule has 36 heavy (non-hydrogen) atoms. The van der Waals surface area contributed by atoms with Crippen LogP contribution in [0.4, 0.5) is 0 Å². The number of nitrogens with zero attached hydrogens (tertiary/aromatic N) is 3. The Balaban J connectivity index is 1.33. The van der Waals surface area contributed by atoms with Crippen LogP contribution in [0.15, 0.2) is 83.9 Å². The third kappa shape index (κ3) is 4.29. The van der Waals surface area contributed by atoms with Gasteiger partial charge in [0, 0.05) is 17.3 Å². The summed E-state index contributed by atoms with van der Waals surface area (Å²) in [5.41, 5.74) is 5.69. The molecule has 6 nitrogen and oxygen atoms in total. The van der Waals surface area contributed by atoms with Crippen LogP contribution in [0, 0.1) is 6.92 Å². The number of benzene rings is 3. The van der Waals surface area contributed by atoms with Gasteiger partial charge in [0.05, 0.1) is 22.8 Å². The number of rotatable bonds is 5. The summed E-state index contributed by atoms with van der Waals surface area (Å²) in [4.78, 5) is 15.6. The Hall–Kier alpha value is -3.88. The van der Waals surface area contributed by atoms with Gasteiger partial charge in [0.2, 0.25) is 6.79 Å². The number of thiocarbonyl (C=S) groups is 1. The molecule has 4 aromatic rings. The van der Waals surface area contributed by atoms with Crippen LogP contribution in [-0.4, -0.2) is 31.7 Å². The molecular weight excluding hydrogens is 490 g/mol. The lowest BCUT2D eigenvalue weighted by Gasteiger charge is -2.14. The van der Waals surface area contributed by atoms with E-state index >= 15 is 0 Å². The van der Waals surface area contributed by atoms with Crippen LogP contribution in [0.3, 0.4) is 0 Å². The predicted molar refractivity (Wildman–Crippen MR) is 145 cm³/mol. The number of amides is 1. The molecule has 0 atom stereocenters. The lowest BCUT2D eigenvalue weighted by Crippen LogP contribution is -2.27. The minimum absolute atomic E-state index is 0.120. The van der Waals surface area contributed by atoms with Crippen molar-refractivity contribution in [2.24, 2.45) is 0 Å². The fourth-order valence-corrected chi connectivity index (χ4v) is 5.39. The molecule has 1 fully saturated rings. The second-order valence-corrected chi connectivity index (χ2v) is 10.2. The fourth-order valence-electron chi connectivity index (χ4n) is 4.14. The van der Waals surface area contributed by atoms with E-state index in [-0.39, 0.29) is 12.7 Å². The Morgan fingerprint density at radius 2 is 1.81 bits per heavy atom. The van der Waals surface area contributed by atoms with Gasteiger partial charge >= 0.3 is 0 Å². The molecule has 6 rings (SSSR count). The molecule has 1 amide bonds. The van der Waals surface area contributed by atoms with Crippen molar-refractivity contribution in [3.05, 3.63) is 101 Å². The summed E-state index contributed by atoms with van der Waals surface area (Å²) in [5, 5.41) is 4.87. The van der Waals surface area contributed by atoms with Crippen molar-refractivity contribution < 1.29 is 14.3 Å². The monoisotopic (exact) mass is 511 g/mol. The van der Waals surface area contributed by atoms with Gasteiger partial charge in [-0.05, 0) is 42.8 Å². The zero-order chi connectivity index (χ0) is 24.6. The molecule has 0 radical (unpaired) electrons. The highest BCUT2D eigenvalue weighted by atomic mass is 32.2. The molecule has 1 saturated heterocycles. The Morgan fingerprint density at radius 1 is 1.03 bits per heavy atom. The molecule has 178 valence electrons. The van der Waals surface area contributed by atoms with E-state index in [0.29, 0.717) is 27.3 Å². The summed E-state index contributed by atoms with van der Waals surface area (Å²) in [6.07, 6.45) is 3.84. The van der Waals surface area contributed by atoms with Crippen molar-refractivity contribution in [1.82, 2.24) is 14.7 Å². The van der Waals surface area contributed by atoms with Gasteiger partial charge in [-0.3, -0.25) is 9.69 Å². The minimum atomic E-state index is -0.120. The smallest absolute Gasteiger partial charge is 0.266 e. The maximum atomic E-state index is 13.4. The molecule has 0 aliphatic carbocycles. The quantitative estimate of drug-likeness (QED) is 0.243. The molecule has 0 N–H and O–H groups in total. The molecule has 0 saturated carbocycles. The number of hydrogen-bond donors (Lipinski definition) is 0. The van der Waals surface area contributed by atoms with E-state index < -0.39 is 0 Å². The number of para-hydroxylation sites is 1. The summed E-state index contributed by atoms with van der Waals surface area (Å²) in [7, 11) is 0. The summed E-state index contributed by atoms with van der Waals surface area (Å²) < 4.78 is 13.2. The van der Waals surface area contributed by atoms with Crippen LogP contribution in [-0.2, 0) is 11.3 Å². The molecule has 2 aliphatic rings. The number of ether oxygens (including phenoxy) is 2. The van der Waals surface area contributed by atoms with Gasteiger partial charge in [-0.2, -0.15) is 5.10 Å². The highest BCUT2D eigenvalue weighted by Crippen LogP contribution is 2.37. The number of carbonyl (C=O) groups is 1. The van der Waals surface area contributed by atoms with E-state index in [4.69, 9.17) is 26.8 Å². The van der Waals surface area contributed by atoms with Crippen molar-refractivity contribution in [3.8, 4) is 28.4 Å². The van der Waals surface area contributed by atoms with E-state index in [9.17, 15) is 4.79 Å². The average Bonchev–Trinajstić information content (AvgIpc) is 3.60. The molecule has 1 aromatic heterocycles. The highest BCUT2D eigenvalue weighted by Gasteiger charge is 2.33. The normalized spacial score (nSPS) is 15.8. The van der Waals surface area contributed by atoms with E-state index in [1.807, 2.05) is 65.5 Å². The number of aromatic nitrogens is 2.